The second-order valence-corrected chi connectivity index (χ2v) is 10.9. The Morgan fingerprint density at radius 3 is 2.58 bits per heavy atom. The van der Waals surface area contributed by atoms with Crippen molar-refractivity contribution in [1.29, 1.82) is 0 Å². The molecule has 220 valence electrons. The fraction of sp³-hybridized carbons (Fsp3) is 0.303. The lowest BCUT2D eigenvalue weighted by Gasteiger charge is -2.25. The molecule has 2 aliphatic heterocycles. The number of halogens is 1. The van der Waals surface area contributed by atoms with Crippen LogP contribution in [-0.2, 0) is 16.0 Å². The van der Waals surface area contributed by atoms with Crippen LogP contribution in [0.5, 0.6) is 5.75 Å². The molecule has 0 saturated carbocycles. The van der Waals surface area contributed by atoms with Crippen molar-refractivity contribution in [2.75, 3.05) is 39.3 Å². The predicted octanol–water partition coefficient (Wildman–Crippen LogP) is 3.59. The van der Waals surface area contributed by atoms with Crippen LogP contribution in [0, 0.1) is 11.7 Å². The number of nitrogens with zero attached hydrogens (tertiary/aromatic N) is 4. The molecule has 1 aromatic heterocycles. The maximum atomic E-state index is 14.2. The first kappa shape index (κ1) is 28.3. The van der Waals surface area contributed by atoms with Gasteiger partial charge in [0.2, 0.25) is 11.8 Å². The third-order valence-corrected chi connectivity index (χ3v) is 8.13. The number of carbonyl (C=O) groups excluding carboxylic acids is 3. The number of benzene rings is 3. The Labute approximate surface area is 248 Å². The van der Waals surface area contributed by atoms with E-state index in [0.29, 0.717) is 60.5 Å². The highest BCUT2D eigenvalue weighted by molar-refractivity contribution is 5.98. The summed E-state index contributed by atoms with van der Waals surface area (Å²) in [5.74, 6) is -0.972. The van der Waals surface area contributed by atoms with E-state index < -0.39 is 11.7 Å². The van der Waals surface area contributed by atoms with Crippen molar-refractivity contribution in [2.45, 2.75) is 18.8 Å². The Bertz CT molecular complexity index is 1660. The molecule has 10 heteroatoms. The molecule has 43 heavy (non-hydrogen) atoms. The summed E-state index contributed by atoms with van der Waals surface area (Å²) in [6.45, 7) is 2.01. The molecule has 0 spiro atoms. The monoisotopic (exact) mass is 581 g/mol. The smallest absolute Gasteiger partial charge is 0.253 e. The van der Waals surface area contributed by atoms with Gasteiger partial charge in [0.1, 0.15) is 18.2 Å². The maximum Gasteiger partial charge on any atom is 0.253 e. The average molecular weight is 582 g/mol. The SMILES string of the molecule is O=C1NCCCN(C(=O)Cc2ccccc2F)CCOc2cccc(c2)[C@H]2CN(C(=O)c3ccc4nccnc4c3)C[C@H]12. The second-order valence-electron chi connectivity index (χ2n) is 10.9. The molecule has 4 aromatic rings. The van der Waals surface area contributed by atoms with Gasteiger partial charge in [-0.15, -0.1) is 0 Å². The Kier molecular flexibility index (Phi) is 8.26. The molecule has 3 amide bonds. The van der Waals surface area contributed by atoms with Crippen molar-refractivity contribution >= 4 is 28.8 Å². The van der Waals surface area contributed by atoms with Crippen molar-refractivity contribution in [3.63, 3.8) is 0 Å². The van der Waals surface area contributed by atoms with Gasteiger partial charge in [-0.2, -0.15) is 0 Å². The highest BCUT2D eigenvalue weighted by Crippen LogP contribution is 2.35. The number of nitrogens with one attached hydrogen (secondary N) is 1. The molecule has 1 fully saturated rings. The van der Waals surface area contributed by atoms with E-state index in [-0.39, 0.29) is 43.2 Å². The molecule has 2 atom stereocenters. The zero-order chi connectivity index (χ0) is 29.8. The number of likely N-dealkylation sites (tertiary alicyclic amines) is 1. The maximum absolute atomic E-state index is 14.2. The van der Waals surface area contributed by atoms with Crippen molar-refractivity contribution in [2.24, 2.45) is 5.92 Å². The molecule has 2 aliphatic rings. The van der Waals surface area contributed by atoms with Gasteiger partial charge in [-0.25, -0.2) is 4.39 Å². The summed E-state index contributed by atoms with van der Waals surface area (Å²) in [7, 11) is 0. The van der Waals surface area contributed by atoms with Gasteiger partial charge in [0, 0.05) is 50.1 Å². The zero-order valence-corrected chi connectivity index (χ0v) is 23.6. The number of aromatic nitrogens is 2. The first-order valence-electron chi connectivity index (χ1n) is 14.5. The van der Waals surface area contributed by atoms with E-state index >= 15 is 0 Å². The van der Waals surface area contributed by atoms with Crippen molar-refractivity contribution < 1.29 is 23.5 Å². The summed E-state index contributed by atoms with van der Waals surface area (Å²) < 4.78 is 20.2. The summed E-state index contributed by atoms with van der Waals surface area (Å²) in [4.78, 5) is 52.2. The molecule has 0 aliphatic carbocycles. The fourth-order valence-corrected chi connectivity index (χ4v) is 5.85. The quantitative estimate of drug-likeness (QED) is 0.397. The minimum Gasteiger partial charge on any atom is -0.492 e. The number of amides is 3. The Morgan fingerprint density at radius 1 is 0.907 bits per heavy atom. The average Bonchev–Trinajstić information content (AvgIpc) is 3.48. The summed E-state index contributed by atoms with van der Waals surface area (Å²) >= 11 is 0. The van der Waals surface area contributed by atoms with Crippen LogP contribution in [0.4, 0.5) is 4.39 Å². The molecular weight excluding hydrogens is 549 g/mol. The van der Waals surface area contributed by atoms with Gasteiger partial charge in [0.05, 0.1) is 29.9 Å². The van der Waals surface area contributed by atoms with Gasteiger partial charge in [-0.05, 0) is 53.9 Å². The number of carbonyl (C=O) groups is 3. The van der Waals surface area contributed by atoms with Crippen LogP contribution < -0.4 is 10.1 Å². The molecule has 1 saturated heterocycles. The van der Waals surface area contributed by atoms with Crippen molar-refractivity contribution in [3.05, 3.63) is 102 Å². The molecule has 3 aromatic carbocycles. The van der Waals surface area contributed by atoms with E-state index in [1.54, 1.807) is 58.6 Å². The van der Waals surface area contributed by atoms with Gasteiger partial charge in [0.15, 0.2) is 0 Å². The van der Waals surface area contributed by atoms with E-state index in [1.165, 1.54) is 6.07 Å². The summed E-state index contributed by atoms with van der Waals surface area (Å²) in [5.41, 5.74) is 3.09. The third-order valence-electron chi connectivity index (χ3n) is 8.13. The summed E-state index contributed by atoms with van der Waals surface area (Å²) in [6, 6.07) is 19.1. The number of hydrogen-bond donors (Lipinski definition) is 1. The fourth-order valence-electron chi connectivity index (χ4n) is 5.85. The van der Waals surface area contributed by atoms with Gasteiger partial charge in [0.25, 0.3) is 5.91 Å². The van der Waals surface area contributed by atoms with Gasteiger partial charge in [-0.1, -0.05) is 30.3 Å². The number of ether oxygens (including phenoxy) is 1. The van der Waals surface area contributed by atoms with Gasteiger partial charge in [-0.3, -0.25) is 24.4 Å². The van der Waals surface area contributed by atoms with E-state index in [2.05, 4.69) is 15.3 Å². The first-order valence-corrected chi connectivity index (χ1v) is 14.5. The van der Waals surface area contributed by atoms with Crippen LogP contribution in [0.25, 0.3) is 11.0 Å². The third kappa shape index (κ3) is 6.33. The standard InChI is InChI=1S/C33H32FN5O4/c34-28-8-2-1-5-23(28)19-31(40)38-14-4-11-37-32(41)27-21-39(20-26(27)22-6-3-7-25(17-22)43-16-15-38)33(42)24-9-10-29-30(18-24)36-13-12-35-29/h1-3,5-10,12-13,17-18,26-27H,4,11,14-16,19-21H2,(H,37,41)/t26-,27+/m1/s1. The lowest BCUT2D eigenvalue weighted by molar-refractivity contribution is -0.131. The molecular formula is C33H32FN5O4. The first-order chi connectivity index (χ1) is 21.0. The highest BCUT2D eigenvalue weighted by atomic mass is 19.1. The van der Waals surface area contributed by atoms with E-state index in [0.717, 1.165) is 5.56 Å². The molecule has 9 nitrogen and oxygen atoms in total. The minimum absolute atomic E-state index is 0.0497. The van der Waals surface area contributed by atoms with Crippen molar-refractivity contribution in [1.82, 2.24) is 25.1 Å². The Morgan fingerprint density at radius 2 is 1.72 bits per heavy atom. The Balaban J connectivity index is 1.19. The summed E-state index contributed by atoms with van der Waals surface area (Å²) in [6.07, 6.45) is 3.68. The number of hydrogen-bond acceptors (Lipinski definition) is 6. The van der Waals surface area contributed by atoms with Crippen LogP contribution in [0.1, 0.15) is 33.8 Å². The molecule has 0 unspecified atom stereocenters. The van der Waals surface area contributed by atoms with Crippen LogP contribution >= 0.6 is 0 Å². The van der Waals surface area contributed by atoms with Crippen LogP contribution in [0.15, 0.2) is 79.1 Å². The Hall–Kier alpha value is -4.86. The number of fused-ring (bicyclic) bond motifs is 5. The lowest BCUT2D eigenvalue weighted by atomic mass is 9.88. The van der Waals surface area contributed by atoms with Crippen LogP contribution in [0.3, 0.4) is 0 Å². The van der Waals surface area contributed by atoms with Gasteiger partial charge >= 0.3 is 0 Å². The molecule has 1 N–H and O–H groups in total. The van der Waals surface area contributed by atoms with E-state index in [4.69, 9.17) is 4.74 Å². The zero-order valence-electron chi connectivity index (χ0n) is 23.6. The minimum atomic E-state index is -0.457. The molecule has 0 radical (unpaired) electrons. The normalized spacial score (nSPS) is 19.2. The number of rotatable bonds is 3. The molecule has 6 rings (SSSR count). The van der Waals surface area contributed by atoms with Gasteiger partial charge < -0.3 is 19.9 Å². The summed E-state index contributed by atoms with van der Waals surface area (Å²) in [5, 5.41) is 3.03. The topological polar surface area (TPSA) is 105 Å². The van der Waals surface area contributed by atoms with E-state index in [1.807, 2.05) is 24.3 Å². The largest absolute Gasteiger partial charge is 0.492 e. The van der Waals surface area contributed by atoms with Crippen LogP contribution in [-0.4, -0.2) is 76.8 Å². The highest BCUT2D eigenvalue weighted by Gasteiger charge is 2.40. The van der Waals surface area contributed by atoms with Crippen LogP contribution in [0.2, 0.25) is 0 Å². The lowest BCUT2D eigenvalue weighted by Crippen LogP contribution is -2.40. The second kappa shape index (κ2) is 12.6. The molecule has 3 heterocycles. The molecule has 2 bridgehead atoms. The van der Waals surface area contributed by atoms with E-state index in [9.17, 15) is 18.8 Å². The predicted molar refractivity (Wildman–Crippen MR) is 158 cm³/mol. The van der Waals surface area contributed by atoms with Crippen molar-refractivity contribution in [3.8, 4) is 5.75 Å².